The van der Waals surface area contributed by atoms with E-state index in [-0.39, 0.29) is 5.92 Å². The van der Waals surface area contributed by atoms with Crippen molar-refractivity contribution in [3.8, 4) is 56.2 Å². The predicted octanol–water partition coefficient (Wildman–Crippen LogP) is 10.7. The van der Waals surface area contributed by atoms with Crippen LogP contribution in [0.25, 0.3) is 61.7 Å². The van der Waals surface area contributed by atoms with Crippen LogP contribution in [-0.4, -0.2) is 9.97 Å². The monoisotopic (exact) mass is 572 g/mol. The van der Waals surface area contributed by atoms with Crippen molar-refractivity contribution in [3.05, 3.63) is 186 Å². The molecular formula is C43H28N2. The molecule has 0 saturated carbocycles. The van der Waals surface area contributed by atoms with Crippen LogP contribution in [0.2, 0.25) is 0 Å². The molecule has 0 fully saturated rings. The van der Waals surface area contributed by atoms with Crippen molar-refractivity contribution in [2.24, 2.45) is 0 Å². The summed E-state index contributed by atoms with van der Waals surface area (Å²) in [5.74, 6) is 0.758. The lowest BCUT2D eigenvalue weighted by atomic mass is 9.86. The quantitative estimate of drug-likeness (QED) is 0.210. The van der Waals surface area contributed by atoms with E-state index in [9.17, 15) is 0 Å². The SMILES string of the molecule is C=C1c2ccccc2-c2cccc(-c3ccc4c(c3)-c3nc(-c5ccccc5)nc(-c5ccccc5)c3C4c3ccccc3)c21. The molecular weight excluding hydrogens is 544 g/mol. The minimum Gasteiger partial charge on any atom is -0.228 e. The highest BCUT2D eigenvalue weighted by molar-refractivity contribution is 6.05. The van der Waals surface area contributed by atoms with Crippen LogP contribution in [-0.2, 0) is 0 Å². The van der Waals surface area contributed by atoms with Crippen LogP contribution in [0.15, 0.2) is 158 Å². The molecule has 1 unspecified atom stereocenters. The van der Waals surface area contributed by atoms with Crippen molar-refractivity contribution >= 4 is 5.57 Å². The third-order valence-corrected chi connectivity index (χ3v) is 9.29. The summed E-state index contributed by atoms with van der Waals surface area (Å²) < 4.78 is 0. The van der Waals surface area contributed by atoms with Crippen molar-refractivity contribution in [1.29, 1.82) is 0 Å². The van der Waals surface area contributed by atoms with E-state index in [1.54, 1.807) is 0 Å². The second-order valence-corrected chi connectivity index (χ2v) is 11.8. The van der Waals surface area contributed by atoms with Gasteiger partial charge >= 0.3 is 0 Å². The smallest absolute Gasteiger partial charge is 0.160 e. The molecule has 6 aromatic carbocycles. The number of hydrogen-bond donors (Lipinski definition) is 0. The predicted molar refractivity (Wildman–Crippen MR) is 185 cm³/mol. The molecule has 0 bridgehead atoms. The van der Waals surface area contributed by atoms with Gasteiger partial charge < -0.3 is 0 Å². The second kappa shape index (κ2) is 10.1. The largest absolute Gasteiger partial charge is 0.228 e. The van der Waals surface area contributed by atoms with E-state index >= 15 is 0 Å². The van der Waals surface area contributed by atoms with Gasteiger partial charge in [0.15, 0.2) is 5.82 Å². The molecule has 45 heavy (non-hydrogen) atoms. The molecule has 0 amide bonds. The molecule has 1 heterocycles. The number of rotatable bonds is 4. The maximum atomic E-state index is 5.35. The average molecular weight is 573 g/mol. The third-order valence-electron chi connectivity index (χ3n) is 9.29. The van der Waals surface area contributed by atoms with Gasteiger partial charge in [-0.2, -0.15) is 0 Å². The summed E-state index contributed by atoms with van der Waals surface area (Å²) in [6.07, 6.45) is 0. The Morgan fingerprint density at radius 2 is 1.04 bits per heavy atom. The normalized spacial score (nSPS) is 14.0. The lowest BCUT2D eigenvalue weighted by molar-refractivity contribution is 0.993. The van der Waals surface area contributed by atoms with Crippen molar-refractivity contribution in [1.82, 2.24) is 9.97 Å². The lowest BCUT2D eigenvalue weighted by Gasteiger charge is -2.18. The van der Waals surface area contributed by atoms with E-state index < -0.39 is 0 Å². The second-order valence-electron chi connectivity index (χ2n) is 11.8. The summed E-state index contributed by atoms with van der Waals surface area (Å²) in [7, 11) is 0. The zero-order valence-corrected chi connectivity index (χ0v) is 24.6. The lowest BCUT2D eigenvalue weighted by Crippen LogP contribution is -2.05. The first-order valence-electron chi connectivity index (χ1n) is 15.4. The molecule has 0 N–H and O–H groups in total. The fourth-order valence-corrected chi connectivity index (χ4v) is 7.27. The highest BCUT2D eigenvalue weighted by Gasteiger charge is 2.36. The van der Waals surface area contributed by atoms with Crippen molar-refractivity contribution < 1.29 is 0 Å². The average Bonchev–Trinajstić information content (AvgIpc) is 3.60. The summed E-state index contributed by atoms with van der Waals surface area (Å²) in [4.78, 5) is 10.6. The Balaban J connectivity index is 1.31. The van der Waals surface area contributed by atoms with Crippen molar-refractivity contribution in [3.63, 3.8) is 0 Å². The highest BCUT2D eigenvalue weighted by Crippen LogP contribution is 2.53. The van der Waals surface area contributed by atoms with Crippen molar-refractivity contribution in [2.45, 2.75) is 5.92 Å². The van der Waals surface area contributed by atoms with E-state index in [1.807, 2.05) is 18.2 Å². The van der Waals surface area contributed by atoms with Crippen LogP contribution in [0.1, 0.15) is 33.7 Å². The summed E-state index contributed by atoms with van der Waals surface area (Å²) in [6, 6.07) is 53.8. The van der Waals surface area contributed by atoms with Crippen LogP contribution in [0, 0.1) is 0 Å². The van der Waals surface area contributed by atoms with Crippen molar-refractivity contribution in [2.75, 3.05) is 0 Å². The first-order valence-corrected chi connectivity index (χ1v) is 15.4. The zero-order chi connectivity index (χ0) is 29.9. The maximum Gasteiger partial charge on any atom is 0.160 e. The van der Waals surface area contributed by atoms with E-state index in [1.165, 1.54) is 44.5 Å². The van der Waals surface area contributed by atoms with E-state index in [0.717, 1.165) is 45.0 Å². The van der Waals surface area contributed by atoms with Gasteiger partial charge in [-0.3, -0.25) is 0 Å². The number of benzene rings is 6. The van der Waals surface area contributed by atoms with Crippen LogP contribution < -0.4 is 0 Å². The highest BCUT2D eigenvalue weighted by atomic mass is 14.9. The van der Waals surface area contributed by atoms with Gasteiger partial charge in [0, 0.05) is 28.2 Å². The molecule has 2 heteroatoms. The molecule has 1 aromatic heterocycles. The van der Waals surface area contributed by atoms with E-state index in [0.29, 0.717) is 0 Å². The Morgan fingerprint density at radius 1 is 0.444 bits per heavy atom. The molecule has 1 atom stereocenters. The van der Waals surface area contributed by atoms with Crippen LogP contribution in [0.3, 0.4) is 0 Å². The molecule has 0 aliphatic heterocycles. The number of aromatic nitrogens is 2. The minimum absolute atomic E-state index is 0.0194. The Labute approximate surface area is 263 Å². The Kier molecular flexibility index (Phi) is 5.76. The summed E-state index contributed by atoms with van der Waals surface area (Å²) >= 11 is 0. The summed E-state index contributed by atoms with van der Waals surface area (Å²) in [5.41, 5.74) is 17.3. The first-order chi connectivity index (χ1) is 22.3. The standard InChI is InChI=1S/C43H28N2/c1-27-32-20-11-12-21-34(32)35-23-13-22-33(38(27)35)31-24-25-36-37(26-31)42-40(39(36)28-14-5-2-6-15-28)41(29-16-7-3-8-17-29)44-43(45-42)30-18-9-4-10-19-30/h2-26,39H,1H2. The minimum atomic E-state index is 0.0194. The van der Waals surface area contributed by atoms with Gasteiger partial charge in [0.2, 0.25) is 0 Å². The number of hydrogen-bond acceptors (Lipinski definition) is 2. The summed E-state index contributed by atoms with van der Waals surface area (Å²) in [6.45, 7) is 4.55. The maximum absolute atomic E-state index is 5.35. The van der Waals surface area contributed by atoms with Crippen LogP contribution in [0.4, 0.5) is 0 Å². The van der Waals surface area contributed by atoms with Gasteiger partial charge in [0.25, 0.3) is 0 Å². The van der Waals surface area contributed by atoms with Gasteiger partial charge in [-0.1, -0.05) is 152 Å². The van der Waals surface area contributed by atoms with Gasteiger partial charge in [-0.25, -0.2) is 9.97 Å². The molecule has 0 spiro atoms. The molecule has 0 radical (unpaired) electrons. The fraction of sp³-hybridized carbons (Fsp3) is 0.0233. The Morgan fingerprint density at radius 3 is 1.80 bits per heavy atom. The number of nitrogens with zero attached hydrogens (tertiary/aromatic N) is 2. The molecule has 2 aliphatic carbocycles. The molecule has 2 nitrogen and oxygen atoms in total. The number of fused-ring (bicyclic) bond motifs is 6. The molecule has 9 rings (SSSR count). The molecule has 2 aliphatic rings. The van der Waals surface area contributed by atoms with Crippen LogP contribution >= 0.6 is 0 Å². The van der Waals surface area contributed by atoms with Gasteiger partial charge in [-0.05, 0) is 56.1 Å². The van der Waals surface area contributed by atoms with E-state index in [2.05, 4.69) is 140 Å². The van der Waals surface area contributed by atoms with E-state index in [4.69, 9.17) is 9.97 Å². The topological polar surface area (TPSA) is 25.8 Å². The third kappa shape index (κ3) is 3.96. The first kappa shape index (κ1) is 25.6. The zero-order valence-electron chi connectivity index (χ0n) is 24.6. The van der Waals surface area contributed by atoms with Crippen LogP contribution in [0.5, 0.6) is 0 Å². The Bertz CT molecular complexity index is 2270. The van der Waals surface area contributed by atoms with Gasteiger partial charge in [-0.15, -0.1) is 0 Å². The summed E-state index contributed by atoms with van der Waals surface area (Å²) in [5, 5.41) is 0. The Hall–Kier alpha value is -5.86. The molecule has 210 valence electrons. The van der Waals surface area contributed by atoms with Gasteiger partial charge in [0.05, 0.1) is 11.4 Å². The molecule has 7 aromatic rings. The van der Waals surface area contributed by atoms with Gasteiger partial charge in [0.1, 0.15) is 0 Å². The fourth-order valence-electron chi connectivity index (χ4n) is 7.27. The molecule has 0 saturated heterocycles.